The summed E-state index contributed by atoms with van der Waals surface area (Å²) in [4.78, 5) is 36.8. The van der Waals surface area contributed by atoms with Gasteiger partial charge in [-0.15, -0.1) is 0 Å². The van der Waals surface area contributed by atoms with E-state index in [-0.39, 0.29) is 29.6 Å². The first kappa shape index (κ1) is 20.6. The Morgan fingerprint density at radius 1 is 1.12 bits per heavy atom. The number of imidazole rings is 1. The van der Waals surface area contributed by atoms with Crippen LogP contribution in [-0.4, -0.2) is 64.8 Å². The van der Waals surface area contributed by atoms with Crippen molar-refractivity contribution in [3.05, 3.63) is 66.5 Å². The average molecular weight is 446 g/mol. The van der Waals surface area contributed by atoms with Gasteiger partial charge in [0, 0.05) is 24.6 Å². The molecule has 1 aromatic carbocycles. The van der Waals surface area contributed by atoms with E-state index in [1.807, 2.05) is 25.1 Å². The van der Waals surface area contributed by atoms with Gasteiger partial charge in [0.05, 0.1) is 30.2 Å². The lowest BCUT2D eigenvalue weighted by Crippen LogP contribution is -2.49. The maximum absolute atomic E-state index is 13.5. The number of hydrogen-bond acceptors (Lipinski definition) is 7. The predicted octanol–water partition coefficient (Wildman–Crippen LogP) is 1.48. The summed E-state index contributed by atoms with van der Waals surface area (Å²) in [5.41, 5.74) is 7.01. The van der Waals surface area contributed by atoms with Crippen LogP contribution >= 0.6 is 0 Å². The lowest BCUT2D eigenvalue weighted by molar-refractivity contribution is 0.0375. The van der Waals surface area contributed by atoms with Crippen LogP contribution < -0.4 is 10.5 Å². The summed E-state index contributed by atoms with van der Waals surface area (Å²) in [5.74, 6) is -0.456. The highest BCUT2D eigenvalue weighted by Crippen LogP contribution is 2.26. The monoisotopic (exact) mass is 446 g/mol. The van der Waals surface area contributed by atoms with Crippen LogP contribution in [0, 0.1) is 0 Å². The van der Waals surface area contributed by atoms with Gasteiger partial charge in [-0.1, -0.05) is 12.1 Å². The molecule has 0 bridgehead atoms. The molecule has 2 amide bonds. The molecule has 4 heterocycles. The molecular formula is C22H22N8O3. The number of hydrogen-bond donors (Lipinski definition) is 1. The van der Waals surface area contributed by atoms with Gasteiger partial charge >= 0.3 is 0 Å². The van der Waals surface area contributed by atoms with E-state index in [2.05, 4.69) is 20.2 Å². The SMILES string of the molecule is C[C@@H]1CC[C@@H](Oc2nccn3cc(C(N)=O)nc23)CN1C(=O)c1ccccc1-n1nccn1. The summed E-state index contributed by atoms with van der Waals surface area (Å²) in [6, 6.07) is 7.29. The van der Waals surface area contributed by atoms with Gasteiger partial charge in [-0.2, -0.15) is 15.0 Å². The molecule has 1 fully saturated rings. The van der Waals surface area contributed by atoms with Crippen molar-refractivity contribution < 1.29 is 14.3 Å². The van der Waals surface area contributed by atoms with Crippen LogP contribution in [0.1, 0.15) is 40.6 Å². The molecule has 1 saturated heterocycles. The van der Waals surface area contributed by atoms with Crippen LogP contribution in [0.4, 0.5) is 0 Å². The van der Waals surface area contributed by atoms with Gasteiger partial charge in [-0.05, 0) is 31.9 Å². The summed E-state index contributed by atoms with van der Waals surface area (Å²) in [5, 5.41) is 8.33. The molecule has 0 spiro atoms. The molecule has 1 aliphatic rings. The fourth-order valence-corrected chi connectivity index (χ4v) is 4.03. The lowest BCUT2D eigenvalue weighted by Gasteiger charge is -2.38. The number of nitrogens with zero attached hydrogens (tertiary/aromatic N) is 7. The quantitative estimate of drug-likeness (QED) is 0.491. The zero-order chi connectivity index (χ0) is 22.9. The number of aromatic nitrogens is 6. The van der Waals surface area contributed by atoms with Gasteiger partial charge in [-0.3, -0.25) is 9.59 Å². The minimum absolute atomic E-state index is 0.0348. The normalized spacial score (nSPS) is 18.4. The zero-order valence-corrected chi connectivity index (χ0v) is 17.9. The van der Waals surface area contributed by atoms with Gasteiger partial charge in [0.1, 0.15) is 11.8 Å². The molecule has 0 saturated carbocycles. The van der Waals surface area contributed by atoms with Crippen molar-refractivity contribution in [2.45, 2.75) is 31.9 Å². The largest absolute Gasteiger partial charge is 0.470 e. The fraction of sp³-hybridized carbons (Fsp3) is 0.273. The fourth-order valence-electron chi connectivity index (χ4n) is 4.03. The van der Waals surface area contributed by atoms with Crippen LogP contribution in [0.2, 0.25) is 0 Å². The van der Waals surface area contributed by atoms with Crippen LogP contribution in [0.25, 0.3) is 11.3 Å². The van der Waals surface area contributed by atoms with E-state index in [0.29, 0.717) is 23.4 Å². The summed E-state index contributed by atoms with van der Waals surface area (Å²) < 4.78 is 7.80. The maximum Gasteiger partial charge on any atom is 0.268 e. The lowest BCUT2D eigenvalue weighted by atomic mass is 9.99. The summed E-state index contributed by atoms with van der Waals surface area (Å²) in [6.07, 6.45) is 9.14. The Morgan fingerprint density at radius 2 is 1.91 bits per heavy atom. The molecule has 3 aromatic heterocycles. The Labute approximate surface area is 188 Å². The van der Waals surface area contributed by atoms with E-state index in [4.69, 9.17) is 10.5 Å². The van der Waals surface area contributed by atoms with E-state index < -0.39 is 5.91 Å². The van der Waals surface area contributed by atoms with Gasteiger partial charge in [0.15, 0.2) is 0 Å². The molecule has 168 valence electrons. The number of carbonyl (C=O) groups is 2. The molecule has 2 atom stereocenters. The Morgan fingerprint density at radius 3 is 2.70 bits per heavy atom. The smallest absolute Gasteiger partial charge is 0.268 e. The van der Waals surface area contributed by atoms with Crippen molar-refractivity contribution in [3.8, 4) is 11.6 Å². The predicted molar refractivity (Wildman–Crippen MR) is 117 cm³/mol. The number of rotatable bonds is 5. The van der Waals surface area contributed by atoms with Crippen molar-refractivity contribution >= 4 is 17.5 Å². The molecule has 11 heteroatoms. The number of primary amides is 1. The number of ether oxygens (including phenoxy) is 1. The van der Waals surface area contributed by atoms with E-state index >= 15 is 0 Å². The number of piperidine rings is 1. The van der Waals surface area contributed by atoms with E-state index in [9.17, 15) is 9.59 Å². The topological polar surface area (TPSA) is 134 Å². The number of nitrogens with two attached hydrogens (primary N) is 1. The molecule has 4 aromatic rings. The first-order valence-corrected chi connectivity index (χ1v) is 10.6. The Hall–Kier alpha value is -4.28. The van der Waals surface area contributed by atoms with Gasteiger partial charge in [0.2, 0.25) is 5.65 Å². The van der Waals surface area contributed by atoms with Crippen molar-refractivity contribution in [3.63, 3.8) is 0 Å². The van der Waals surface area contributed by atoms with Crippen molar-refractivity contribution in [1.29, 1.82) is 0 Å². The van der Waals surface area contributed by atoms with Crippen LogP contribution in [0.5, 0.6) is 5.88 Å². The Bertz CT molecular complexity index is 1320. The second-order valence-electron chi connectivity index (χ2n) is 7.91. The summed E-state index contributed by atoms with van der Waals surface area (Å²) >= 11 is 0. The third-order valence-corrected chi connectivity index (χ3v) is 5.74. The summed E-state index contributed by atoms with van der Waals surface area (Å²) in [6.45, 7) is 2.41. The number of benzene rings is 1. The van der Waals surface area contributed by atoms with E-state index in [1.54, 1.807) is 40.2 Å². The number of fused-ring (bicyclic) bond motifs is 1. The van der Waals surface area contributed by atoms with Crippen molar-refractivity contribution in [1.82, 2.24) is 34.3 Å². The minimum atomic E-state index is -0.627. The molecule has 2 N–H and O–H groups in total. The van der Waals surface area contributed by atoms with Crippen LogP contribution in [0.15, 0.2) is 55.2 Å². The second-order valence-corrected chi connectivity index (χ2v) is 7.91. The molecule has 1 aliphatic heterocycles. The minimum Gasteiger partial charge on any atom is -0.470 e. The van der Waals surface area contributed by atoms with Crippen molar-refractivity contribution in [2.75, 3.05) is 6.54 Å². The number of para-hydroxylation sites is 1. The first-order valence-electron chi connectivity index (χ1n) is 10.6. The third-order valence-electron chi connectivity index (χ3n) is 5.74. The van der Waals surface area contributed by atoms with Crippen molar-refractivity contribution in [2.24, 2.45) is 5.73 Å². The molecular weight excluding hydrogens is 424 g/mol. The highest BCUT2D eigenvalue weighted by atomic mass is 16.5. The Balaban J connectivity index is 1.39. The number of carbonyl (C=O) groups excluding carboxylic acids is 2. The molecule has 11 nitrogen and oxygen atoms in total. The highest BCUT2D eigenvalue weighted by Gasteiger charge is 2.32. The first-order chi connectivity index (χ1) is 16.0. The van der Waals surface area contributed by atoms with Gasteiger partial charge in [-0.25, -0.2) is 9.97 Å². The highest BCUT2D eigenvalue weighted by molar-refractivity contribution is 5.98. The Kier molecular flexibility index (Phi) is 5.21. The number of likely N-dealkylation sites (tertiary alicyclic amines) is 1. The maximum atomic E-state index is 13.5. The molecule has 0 unspecified atom stereocenters. The van der Waals surface area contributed by atoms with Gasteiger partial charge in [0.25, 0.3) is 17.7 Å². The van der Waals surface area contributed by atoms with Gasteiger partial charge < -0.3 is 19.8 Å². The average Bonchev–Trinajstić information content (AvgIpc) is 3.51. The standard InChI is InChI=1S/C22H22N8O3/c1-14-6-7-15(33-21-20-27-17(19(23)31)13-28(20)11-10-24-21)12-29(14)22(32)16-4-2-3-5-18(16)30-25-8-9-26-30/h2-5,8-11,13-15H,6-7,12H2,1H3,(H2,23,31)/t14-,15-/m1/s1. The molecule has 33 heavy (non-hydrogen) atoms. The van der Waals surface area contributed by atoms with Crippen LogP contribution in [0.3, 0.4) is 0 Å². The van der Waals surface area contributed by atoms with E-state index in [1.165, 1.54) is 11.0 Å². The molecule has 0 radical (unpaired) electrons. The summed E-state index contributed by atoms with van der Waals surface area (Å²) in [7, 11) is 0. The number of amides is 2. The third kappa shape index (κ3) is 3.88. The molecule has 0 aliphatic carbocycles. The second kappa shape index (κ2) is 8.34. The zero-order valence-electron chi connectivity index (χ0n) is 17.9. The van der Waals surface area contributed by atoms with Crippen LogP contribution in [-0.2, 0) is 0 Å². The van der Waals surface area contributed by atoms with E-state index in [0.717, 1.165) is 12.8 Å². The molecule has 5 rings (SSSR count).